The van der Waals surface area contributed by atoms with E-state index in [4.69, 9.17) is 10.8 Å². The Bertz CT molecular complexity index is 407. The predicted molar refractivity (Wildman–Crippen MR) is 68.4 cm³/mol. The minimum atomic E-state index is -1.00. The molecule has 0 bridgehead atoms. The molecular formula is C12H19N3O2. The molecule has 0 saturated heterocycles. The van der Waals surface area contributed by atoms with Crippen molar-refractivity contribution in [1.29, 1.82) is 0 Å². The van der Waals surface area contributed by atoms with Crippen LogP contribution >= 0.6 is 0 Å². The lowest BCUT2D eigenvalue weighted by Gasteiger charge is -2.26. The summed E-state index contributed by atoms with van der Waals surface area (Å²) in [6.07, 6.45) is 3.52. The summed E-state index contributed by atoms with van der Waals surface area (Å²) in [6.45, 7) is 4.14. The average Bonchev–Trinajstić information content (AvgIpc) is 2.28. The number of carboxylic acid groups (broad SMARTS) is 1. The standard InChI is InChI=1S/C12H19N3O2/c1-4-5-8(2)15(3)11-10(12(16)17)6-9(13)7-14-11/h6-8H,4-5,13H2,1-3H3,(H,16,17). The number of pyridine rings is 1. The van der Waals surface area contributed by atoms with Crippen LogP contribution in [0.25, 0.3) is 0 Å². The largest absolute Gasteiger partial charge is 0.478 e. The van der Waals surface area contributed by atoms with Crippen molar-refractivity contribution < 1.29 is 9.90 Å². The van der Waals surface area contributed by atoms with Crippen molar-refractivity contribution in [1.82, 2.24) is 4.98 Å². The minimum Gasteiger partial charge on any atom is -0.478 e. The van der Waals surface area contributed by atoms with Gasteiger partial charge in [-0.25, -0.2) is 9.78 Å². The van der Waals surface area contributed by atoms with Gasteiger partial charge in [-0.3, -0.25) is 0 Å². The Morgan fingerprint density at radius 3 is 2.82 bits per heavy atom. The Balaban J connectivity index is 3.08. The van der Waals surface area contributed by atoms with E-state index in [1.165, 1.54) is 12.3 Å². The summed E-state index contributed by atoms with van der Waals surface area (Å²) in [4.78, 5) is 17.1. The number of anilines is 2. The Morgan fingerprint density at radius 2 is 2.29 bits per heavy atom. The number of aromatic nitrogens is 1. The SMILES string of the molecule is CCCC(C)N(C)c1ncc(N)cc1C(=O)O. The van der Waals surface area contributed by atoms with E-state index in [-0.39, 0.29) is 11.6 Å². The second-order valence-corrected chi connectivity index (χ2v) is 4.19. The average molecular weight is 237 g/mol. The van der Waals surface area contributed by atoms with Crippen molar-refractivity contribution in [2.45, 2.75) is 32.7 Å². The van der Waals surface area contributed by atoms with Crippen molar-refractivity contribution in [3.63, 3.8) is 0 Å². The zero-order valence-corrected chi connectivity index (χ0v) is 10.5. The van der Waals surface area contributed by atoms with Gasteiger partial charge in [0.25, 0.3) is 0 Å². The molecule has 0 radical (unpaired) electrons. The molecule has 1 heterocycles. The van der Waals surface area contributed by atoms with E-state index in [1.807, 2.05) is 18.9 Å². The Labute approximate surface area is 101 Å². The molecule has 3 N–H and O–H groups in total. The van der Waals surface area contributed by atoms with Gasteiger partial charge < -0.3 is 15.7 Å². The first-order chi connectivity index (χ1) is 7.97. The summed E-state index contributed by atoms with van der Waals surface area (Å²) in [5.74, 6) is -0.539. The molecule has 94 valence electrons. The molecule has 1 rings (SSSR count). The lowest BCUT2D eigenvalue weighted by atomic mass is 10.1. The lowest BCUT2D eigenvalue weighted by molar-refractivity contribution is 0.0697. The zero-order valence-electron chi connectivity index (χ0n) is 10.5. The molecule has 1 atom stereocenters. The highest BCUT2D eigenvalue weighted by Gasteiger charge is 2.18. The summed E-state index contributed by atoms with van der Waals surface area (Å²) < 4.78 is 0. The first kappa shape index (κ1) is 13.3. The molecule has 0 amide bonds. The fourth-order valence-corrected chi connectivity index (χ4v) is 1.73. The molecule has 1 aromatic heterocycles. The zero-order chi connectivity index (χ0) is 13.0. The summed E-state index contributed by atoms with van der Waals surface area (Å²) >= 11 is 0. The highest BCUT2D eigenvalue weighted by molar-refractivity contribution is 5.94. The van der Waals surface area contributed by atoms with Crippen LogP contribution in [0.3, 0.4) is 0 Å². The van der Waals surface area contributed by atoms with E-state index >= 15 is 0 Å². The van der Waals surface area contributed by atoms with E-state index in [0.29, 0.717) is 11.5 Å². The smallest absolute Gasteiger partial charge is 0.339 e. The summed E-state index contributed by atoms with van der Waals surface area (Å²) in [5, 5.41) is 9.13. The molecule has 0 aliphatic heterocycles. The van der Waals surface area contributed by atoms with Crippen molar-refractivity contribution in [3.8, 4) is 0 Å². The summed E-state index contributed by atoms with van der Waals surface area (Å²) in [5.41, 5.74) is 6.07. The highest BCUT2D eigenvalue weighted by Crippen LogP contribution is 2.21. The third-order valence-electron chi connectivity index (χ3n) is 2.82. The van der Waals surface area contributed by atoms with Gasteiger partial charge in [-0.15, -0.1) is 0 Å². The third kappa shape index (κ3) is 3.09. The quantitative estimate of drug-likeness (QED) is 0.818. The predicted octanol–water partition coefficient (Wildman–Crippen LogP) is 1.99. The van der Waals surface area contributed by atoms with Gasteiger partial charge in [-0.1, -0.05) is 13.3 Å². The van der Waals surface area contributed by atoms with Gasteiger partial charge in [0.15, 0.2) is 0 Å². The van der Waals surface area contributed by atoms with Crippen molar-refractivity contribution in [2.24, 2.45) is 0 Å². The molecule has 0 aromatic carbocycles. The minimum absolute atomic E-state index is 0.149. The number of nitrogens with zero attached hydrogens (tertiary/aromatic N) is 2. The van der Waals surface area contributed by atoms with E-state index in [1.54, 1.807) is 0 Å². The molecule has 1 aromatic rings. The fourth-order valence-electron chi connectivity index (χ4n) is 1.73. The maximum Gasteiger partial charge on any atom is 0.339 e. The first-order valence-electron chi connectivity index (χ1n) is 5.69. The van der Waals surface area contributed by atoms with Crippen LogP contribution in [0.1, 0.15) is 37.0 Å². The molecule has 0 spiro atoms. The second kappa shape index (κ2) is 5.52. The van der Waals surface area contributed by atoms with Crippen molar-refractivity contribution >= 4 is 17.5 Å². The molecule has 5 heteroatoms. The number of rotatable bonds is 5. The number of carbonyl (C=O) groups is 1. The Morgan fingerprint density at radius 1 is 1.65 bits per heavy atom. The Kier molecular flexibility index (Phi) is 4.31. The number of nitrogen functional groups attached to an aromatic ring is 1. The molecule has 0 saturated carbocycles. The molecule has 1 unspecified atom stereocenters. The third-order valence-corrected chi connectivity index (χ3v) is 2.82. The molecule has 0 aliphatic carbocycles. The van der Waals surface area contributed by atoms with Crippen LogP contribution in [0.2, 0.25) is 0 Å². The fraction of sp³-hybridized carbons (Fsp3) is 0.500. The number of hydrogen-bond acceptors (Lipinski definition) is 4. The maximum atomic E-state index is 11.1. The first-order valence-corrected chi connectivity index (χ1v) is 5.69. The maximum absolute atomic E-state index is 11.1. The van der Waals surface area contributed by atoms with Gasteiger partial charge in [0.2, 0.25) is 0 Å². The molecule has 5 nitrogen and oxygen atoms in total. The molecule has 0 fully saturated rings. The molecule has 0 aliphatic rings. The van der Waals surface area contributed by atoms with Gasteiger partial charge in [0.05, 0.1) is 11.9 Å². The van der Waals surface area contributed by atoms with Crippen LogP contribution in [-0.2, 0) is 0 Å². The van der Waals surface area contributed by atoms with E-state index in [9.17, 15) is 4.79 Å². The van der Waals surface area contributed by atoms with Crippen molar-refractivity contribution in [3.05, 3.63) is 17.8 Å². The number of aromatic carboxylic acids is 1. The van der Waals surface area contributed by atoms with Crippen LogP contribution in [0.4, 0.5) is 11.5 Å². The number of hydrogen-bond donors (Lipinski definition) is 2. The van der Waals surface area contributed by atoms with Crippen molar-refractivity contribution in [2.75, 3.05) is 17.7 Å². The van der Waals surface area contributed by atoms with E-state index in [2.05, 4.69) is 11.9 Å². The number of nitrogens with two attached hydrogens (primary N) is 1. The van der Waals surface area contributed by atoms with Crippen LogP contribution in [0.5, 0.6) is 0 Å². The Hall–Kier alpha value is -1.78. The summed E-state index contributed by atoms with van der Waals surface area (Å²) in [6, 6.07) is 1.69. The van der Waals surface area contributed by atoms with Gasteiger partial charge in [0, 0.05) is 13.1 Å². The monoisotopic (exact) mass is 237 g/mol. The van der Waals surface area contributed by atoms with Gasteiger partial charge >= 0.3 is 5.97 Å². The molecule has 17 heavy (non-hydrogen) atoms. The van der Waals surface area contributed by atoms with Crippen LogP contribution in [0, 0.1) is 0 Å². The summed E-state index contributed by atoms with van der Waals surface area (Å²) in [7, 11) is 1.85. The highest BCUT2D eigenvalue weighted by atomic mass is 16.4. The topological polar surface area (TPSA) is 79.5 Å². The number of carboxylic acids is 1. The normalized spacial score (nSPS) is 12.2. The van der Waals surface area contributed by atoms with Gasteiger partial charge in [0.1, 0.15) is 11.4 Å². The van der Waals surface area contributed by atoms with E-state index < -0.39 is 5.97 Å². The van der Waals surface area contributed by atoms with Gasteiger partial charge in [-0.05, 0) is 19.4 Å². The molecular weight excluding hydrogens is 218 g/mol. The van der Waals surface area contributed by atoms with Gasteiger partial charge in [-0.2, -0.15) is 0 Å². The lowest BCUT2D eigenvalue weighted by Crippen LogP contribution is -2.31. The van der Waals surface area contributed by atoms with E-state index in [0.717, 1.165) is 12.8 Å². The second-order valence-electron chi connectivity index (χ2n) is 4.19. The van der Waals surface area contributed by atoms with Crippen LogP contribution in [0.15, 0.2) is 12.3 Å². The van der Waals surface area contributed by atoms with Crippen LogP contribution < -0.4 is 10.6 Å². The van der Waals surface area contributed by atoms with Crippen LogP contribution in [-0.4, -0.2) is 29.1 Å².